The van der Waals surface area contributed by atoms with Gasteiger partial charge in [-0.1, -0.05) is 26.0 Å². The Bertz CT molecular complexity index is 1200. The van der Waals surface area contributed by atoms with Gasteiger partial charge in [0.25, 0.3) is 0 Å². The molecule has 1 N–H and O–H groups in total. The van der Waals surface area contributed by atoms with Crippen LogP contribution in [-0.4, -0.2) is 42.7 Å². The Balaban J connectivity index is 1.80. The van der Waals surface area contributed by atoms with E-state index in [1.165, 1.54) is 0 Å². The van der Waals surface area contributed by atoms with Crippen molar-refractivity contribution in [2.45, 2.75) is 60.1 Å². The Labute approximate surface area is 230 Å². The Morgan fingerprint density at radius 3 is 2.50 bits per heavy atom. The lowest BCUT2D eigenvalue weighted by Crippen LogP contribution is -2.34. The summed E-state index contributed by atoms with van der Waals surface area (Å²) >= 11 is 1.63. The van der Waals surface area contributed by atoms with Crippen LogP contribution in [0.1, 0.15) is 62.7 Å². The van der Waals surface area contributed by atoms with E-state index in [-0.39, 0.29) is 0 Å². The highest BCUT2D eigenvalue weighted by atomic mass is 32.1. The van der Waals surface area contributed by atoms with Crippen molar-refractivity contribution in [2.75, 3.05) is 24.6 Å². The average Bonchev–Trinajstić information content (AvgIpc) is 3.29. The number of hydrogen-bond donors (Lipinski definition) is 1. The molecule has 2 aromatic carbocycles. The number of carbonyl (C=O) groups excluding carboxylic acids is 2. The number of nitrogens with zero attached hydrogens (tertiary/aromatic N) is 2. The van der Waals surface area contributed by atoms with Crippen LogP contribution in [0.5, 0.6) is 5.75 Å². The molecule has 38 heavy (non-hydrogen) atoms. The quantitative estimate of drug-likeness (QED) is 0.200. The van der Waals surface area contributed by atoms with E-state index in [2.05, 4.69) is 47.2 Å². The van der Waals surface area contributed by atoms with Crippen molar-refractivity contribution in [3.63, 3.8) is 0 Å². The predicted molar refractivity (Wildman–Crippen MR) is 154 cm³/mol. The van der Waals surface area contributed by atoms with Gasteiger partial charge in [0.1, 0.15) is 17.6 Å². The Hall–Kier alpha value is -3.39. The molecule has 0 saturated carbocycles. The summed E-state index contributed by atoms with van der Waals surface area (Å²) in [5, 5.41) is 2.92. The number of nitrogens with one attached hydrogen (secondary N) is 1. The maximum Gasteiger partial charge on any atom is 0.407 e. The van der Waals surface area contributed by atoms with E-state index in [9.17, 15) is 9.59 Å². The summed E-state index contributed by atoms with van der Waals surface area (Å²) in [5.41, 5.74) is 6.16. The number of alkyl carbamates (subject to hydrolysis) is 1. The number of aryl methyl sites for hydroxylation is 1. The molecule has 1 heterocycles. The number of anilines is 1. The third kappa shape index (κ3) is 8.87. The summed E-state index contributed by atoms with van der Waals surface area (Å²) in [7, 11) is 0. The molecule has 1 amide bonds. The van der Waals surface area contributed by atoms with Crippen LogP contribution < -0.4 is 15.0 Å². The fourth-order valence-electron chi connectivity index (χ4n) is 4.05. The van der Waals surface area contributed by atoms with Gasteiger partial charge >= 0.3 is 6.09 Å². The van der Waals surface area contributed by atoms with Gasteiger partial charge in [-0.05, 0) is 81.5 Å². The highest BCUT2D eigenvalue weighted by molar-refractivity contribution is 7.13. The van der Waals surface area contributed by atoms with Crippen LogP contribution in [0.3, 0.4) is 0 Å². The Morgan fingerprint density at radius 1 is 1.16 bits per heavy atom. The fourth-order valence-corrected chi connectivity index (χ4v) is 4.85. The molecule has 8 heteroatoms. The van der Waals surface area contributed by atoms with Gasteiger partial charge in [0.15, 0.2) is 0 Å². The van der Waals surface area contributed by atoms with Crippen molar-refractivity contribution in [1.82, 2.24) is 10.3 Å². The van der Waals surface area contributed by atoms with Gasteiger partial charge in [-0.15, -0.1) is 11.3 Å². The maximum atomic E-state index is 12.4. The predicted octanol–water partition coefficient (Wildman–Crippen LogP) is 6.89. The Morgan fingerprint density at radius 2 is 1.89 bits per heavy atom. The van der Waals surface area contributed by atoms with E-state index in [0.717, 1.165) is 58.9 Å². The zero-order valence-electron chi connectivity index (χ0n) is 23.2. The second kappa shape index (κ2) is 13.4. The third-order valence-corrected chi connectivity index (χ3v) is 6.68. The zero-order valence-corrected chi connectivity index (χ0v) is 24.1. The smallest absolute Gasteiger partial charge is 0.407 e. The first-order chi connectivity index (χ1) is 18.1. The van der Waals surface area contributed by atoms with Crippen LogP contribution in [0.15, 0.2) is 48.0 Å². The van der Waals surface area contributed by atoms with Crippen molar-refractivity contribution in [3.05, 3.63) is 64.8 Å². The number of ether oxygens (including phenoxy) is 2. The van der Waals surface area contributed by atoms with Gasteiger partial charge in [-0.3, -0.25) is 4.79 Å². The normalized spacial score (nSPS) is 11.3. The van der Waals surface area contributed by atoms with Crippen LogP contribution in [0.25, 0.3) is 10.4 Å². The molecule has 7 nitrogen and oxygen atoms in total. The molecule has 0 radical (unpaired) electrons. The fraction of sp³-hybridized carbons (Fsp3) is 0.433. The SMILES string of the molecule is Cc1ncsc1-c1ccc(CNC(=O)OC(C)(C)C)c(N(CCCOc2ccc(C=O)cc2)CC(C)C)c1. The van der Waals surface area contributed by atoms with E-state index in [4.69, 9.17) is 9.47 Å². The molecule has 204 valence electrons. The van der Waals surface area contributed by atoms with Crippen molar-refractivity contribution >= 4 is 29.4 Å². The van der Waals surface area contributed by atoms with Gasteiger partial charge in [0.2, 0.25) is 0 Å². The van der Waals surface area contributed by atoms with Gasteiger partial charge < -0.3 is 19.7 Å². The van der Waals surface area contributed by atoms with Crippen LogP contribution in [0.2, 0.25) is 0 Å². The van der Waals surface area contributed by atoms with Gasteiger partial charge in [-0.25, -0.2) is 9.78 Å². The molecule has 0 atom stereocenters. The molecule has 0 aliphatic heterocycles. The molecule has 0 aliphatic carbocycles. The summed E-state index contributed by atoms with van der Waals surface area (Å²) in [6, 6.07) is 13.5. The second-order valence-electron chi connectivity index (χ2n) is 10.7. The summed E-state index contributed by atoms with van der Waals surface area (Å²) in [6.07, 6.45) is 1.20. The van der Waals surface area contributed by atoms with Crippen LogP contribution in [0, 0.1) is 12.8 Å². The summed E-state index contributed by atoms with van der Waals surface area (Å²) in [6.45, 7) is 14.5. The molecule has 3 rings (SSSR count). The first kappa shape index (κ1) is 29.2. The number of rotatable bonds is 12. The maximum absolute atomic E-state index is 12.4. The molecular weight excluding hydrogens is 498 g/mol. The number of amides is 1. The molecule has 0 spiro atoms. The topological polar surface area (TPSA) is 80.8 Å². The number of benzene rings is 2. The molecule has 3 aromatic rings. The zero-order chi connectivity index (χ0) is 27.7. The van der Waals surface area contributed by atoms with E-state index in [0.29, 0.717) is 24.6 Å². The van der Waals surface area contributed by atoms with E-state index in [1.54, 1.807) is 23.5 Å². The number of carbonyl (C=O) groups is 2. The van der Waals surface area contributed by atoms with Crippen molar-refractivity contribution in [2.24, 2.45) is 5.92 Å². The lowest BCUT2D eigenvalue weighted by Gasteiger charge is -2.30. The molecule has 0 saturated heterocycles. The van der Waals surface area contributed by atoms with Crippen molar-refractivity contribution < 1.29 is 19.1 Å². The molecule has 0 fully saturated rings. The molecular formula is C30H39N3O4S. The lowest BCUT2D eigenvalue weighted by atomic mass is 10.0. The second-order valence-corrected chi connectivity index (χ2v) is 11.5. The van der Waals surface area contributed by atoms with Crippen LogP contribution >= 0.6 is 11.3 Å². The molecule has 0 bridgehead atoms. The minimum atomic E-state index is -0.558. The van der Waals surface area contributed by atoms with Gasteiger partial charge in [-0.2, -0.15) is 0 Å². The average molecular weight is 538 g/mol. The van der Waals surface area contributed by atoms with E-state index < -0.39 is 11.7 Å². The Kier molecular flexibility index (Phi) is 10.3. The van der Waals surface area contributed by atoms with Crippen LogP contribution in [-0.2, 0) is 11.3 Å². The number of aromatic nitrogens is 1. The highest BCUT2D eigenvalue weighted by Crippen LogP contribution is 2.33. The summed E-state index contributed by atoms with van der Waals surface area (Å²) < 4.78 is 11.4. The third-order valence-electron chi connectivity index (χ3n) is 5.70. The number of aldehydes is 1. The summed E-state index contributed by atoms with van der Waals surface area (Å²) in [4.78, 5) is 31.2. The standard InChI is InChI=1S/C30H39N3O4S/c1-21(2)18-33(14-7-15-36-26-12-8-23(19-34)9-13-26)27-16-24(28-22(3)32-20-38-28)10-11-25(27)17-31-29(35)37-30(4,5)6/h8-13,16,19-21H,7,14-15,17-18H2,1-6H3,(H,31,35). The minimum absolute atomic E-state index is 0.361. The van der Waals surface area contributed by atoms with Crippen LogP contribution in [0.4, 0.5) is 10.5 Å². The minimum Gasteiger partial charge on any atom is -0.494 e. The molecule has 0 unspecified atom stereocenters. The van der Waals surface area contributed by atoms with Gasteiger partial charge in [0, 0.05) is 30.9 Å². The summed E-state index contributed by atoms with van der Waals surface area (Å²) in [5.74, 6) is 1.18. The highest BCUT2D eigenvalue weighted by Gasteiger charge is 2.19. The van der Waals surface area contributed by atoms with E-state index >= 15 is 0 Å². The first-order valence-electron chi connectivity index (χ1n) is 13.0. The van der Waals surface area contributed by atoms with Crippen molar-refractivity contribution in [3.8, 4) is 16.2 Å². The largest absolute Gasteiger partial charge is 0.494 e. The van der Waals surface area contributed by atoms with Crippen molar-refractivity contribution in [1.29, 1.82) is 0 Å². The lowest BCUT2D eigenvalue weighted by molar-refractivity contribution is 0.0523. The molecule has 0 aliphatic rings. The first-order valence-corrected chi connectivity index (χ1v) is 13.9. The molecule has 1 aromatic heterocycles. The number of thiazole rings is 1. The van der Waals surface area contributed by atoms with E-state index in [1.807, 2.05) is 45.3 Å². The van der Waals surface area contributed by atoms with Gasteiger partial charge in [0.05, 0.1) is 22.7 Å². The number of hydrogen-bond acceptors (Lipinski definition) is 7. The monoisotopic (exact) mass is 537 g/mol.